The van der Waals surface area contributed by atoms with Crippen LogP contribution in [0.1, 0.15) is 12.8 Å². The Labute approximate surface area is 80.0 Å². The van der Waals surface area contributed by atoms with Crippen LogP contribution >= 0.6 is 15.9 Å². The average molecular weight is 228 g/mol. The van der Waals surface area contributed by atoms with Crippen molar-refractivity contribution in [1.29, 1.82) is 0 Å². The Morgan fingerprint density at radius 1 is 1.42 bits per heavy atom. The summed E-state index contributed by atoms with van der Waals surface area (Å²) in [5.41, 5.74) is 0. The van der Waals surface area contributed by atoms with Crippen LogP contribution in [0.15, 0.2) is 17.0 Å². The van der Waals surface area contributed by atoms with E-state index in [1.165, 1.54) is 12.8 Å². The van der Waals surface area contributed by atoms with Crippen molar-refractivity contribution in [2.24, 2.45) is 0 Å². The minimum atomic E-state index is 0.695. The molecular weight excluding hydrogens is 218 g/mol. The van der Waals surface area contributed by atoms with Gasteiger partial charge in [0.2, 0.25) is 0 Å². The van der Waals surface area contributed by atoms with Crippen molar-refractivity contribution < 1.29 is 0 Å². The van der Waals surface area contributed by atoms with Gasteiger partial charge in [0, 0.05) is 13.1 Å². The smallest absolute Gasteiger partial charge is 0.147 e. The Kier molecular flexibility index (Phi) is 2.00. The zero-order chi connectivity index (χ0) is 8.55. The number of hydrogen-bond acceptors (Lipinski definition) is 3. The zero-order valence-electron chi connectivity index (χ0n) is 6.87. The molecule has 4 heteroatoms. The summed E-state index contributed by atoms with van der Waals surface area (Å²) in [6, 6.07) is 0.695. The summed E-state index contributed by atoms with van der Waals surface area (Å²) < 4.78 is 0.787. The number of nitrogens with zero attached hydrogens (tertiary/aromatic N) is 3. The van der Waals surface area contributed by atoms with Gasteiger partial charge in [-0.1, -0.05) is 0 Å². The Balaban J connectivity index is 2.16. The molecule has 1 aliphatic carbocycles. The highest BCUT2D eigenvalue weighted by Crippen LogP contribution is 2.28. The fourth-order valence-electron chi connectivity index (χ4n) is 1.14. The molecule has 0 atom stereocenters. The highest BCUT2D eigenvalue weighted by molar-refractivity contribution is 9.10. The molecule has 1 fully saturated rings. The molecule has 0 aliphatic heterocycles. The topological polar surface area (TPSA) is 29.0 Å². The molecule has 1 saturated carbocycles. The van der Waals surface area contributed by atoms with Crippen LogP contribution in [0.4, 0.5) is 5.82 Å². The van der Waals surface area contributed by atoms with Gasteiger partial charge in [-0.05, 0) is 28.8 Å². The van der Waals surface area contributed by atoms with Gasteiger partial charge in [-0.15, -0.1) is 0 Å². The maximum atomic E-state index is 4.26. The predicted octanol–water partition coefficient (Wildman–Crippen LogP) is 1.84. The van der Waals surface area contributed by atoms with E-state index >= 15 is 0 Å². The summed E-state index contributed by atoms with van der Waals surface area (Å²) in [5, 5.41) is 0. The molecule has 0 bridgehead atoms. The van der Waals surface area contributed by atoms with E-state index in [1.807, 2.05) is 0 Å². The Morgan fingerprint density at radius 3 is 2.67 bits per heavy atom. The van der Waals surface area contributed by atoms with E-state index in [4.69, 9.17) is 0 Å². The number of aromatic nitrogens is 2. The number of hydrogen-bond donors (Lipinski definition) is 0. The summed E-state index contributed by atoms with van der Waals surface area (Å²) in [7, 11) is 2.07. The molecule has 0 N–H and O–H groups in total. The van der Waals surface area contributed by atoms with E-state index in [-0.39, 0.29) is 0 Å². The third-order valence-corrected chi connectivity index (χ3v) is 2.47. The van der Waals surface area contributed by atoms with Crippen LogP contribution in [-0.4, -0.2) is 23.1 Å². The summed E-state index contributed by atoms with van der Waals surface area (Å²) in [4.78, 5) is 10.6. The van der Waals surface area contributed by atoms with Crippen molar-refractivity contribution in [1.82, 2.24) is 9.97 Å². The molecule has 1 aromatic heterocycles. The average Bonchev–Trinajstić information content (AvgIpc) is 2.87. The zero-order valence-corrected chi connectivity index (χ0v) is 8.45. The molecule has 0 spiro atoms. The molecule has 2 rings (SSSR count). The largest absolute Gasteiger partial charge is 0.355 e. The van der Waals surface area contributed by atoms with Gasteiger partial charge in [0.25, 0.3) is 0 Å². The highest BCUT2D eigenvalue weighted by atomic mass is 79.9. The van der Waals surface area contributed by atoms with E-state index in [9.17, 15) is 0 Å². The van der Waals surface area contributed by atoms with Gasteiger partial charge in [-0.25, -0.2) is 9.97 Å². The third-order valence-electron chi connectivity index (χ3n) is 2.06. The minimum absolute atomic E-state index is 0.695. The highest BCUT2D eigenvalue weighted by Gasteiger charge is 2.27. The molecule has 0 unspecified atom stereocenters. The Hall–Kier alpha value is -0.640. The van der Waals surface area contributed by atoms with Gasteiger partial charge in [-0.3, -0.25) is 0 Å². The summed E-state index contributed by atoms with van der Waals surface area (Å²) in [6.07, 6.45) is 6.10. The summed E-state index contributed by atoms with van der Waals surface area (Å²) >= 11 is 3.26. The Bertz CT molecular complexity index is 268. The second-order valence-corrected chi connectivity index (χ2v) is 3.85. The quantitative estimate of drug-likeness (QED) is 0.773. The van der Waals surface area contributed by atoms with Crippen LogP contribution in [0.25, 0.3) is 0 Å². The molecule has 0 amide bonds. The first-order valence-electron chi connectivity index (χ1n) is 3.98. The van der Waals surface area contributed by atoms with Crippen molar-refractivity contribution in [2.45, 2.75) is 18.9 Å². The molecule has 0 radical (unpaired) electrons. The van der Waals surface area contributed by atoms with Crippen LogP contribution < -0.4 is 4.90 Å². The SMILES string of the molecule is CN(c1cnc(Br)cn1)C1CC1. The van der Waals surface area contributed by atoms with Crippen LogP contribution in [0.2, 0.25) is 0 Å². The minimum Gasteiger partial charge on any atom is -0.355 e. The van der Waals surface area contributed by atoms with Crippen molar-refractivity contribution in [3.05, 3.63) is 17.0 Å². The molecule has 3 nitrogen and oxygen atoms in total. The second-order valence-electron chi connectivity index (χ2n) is 3.04. The lowest BCUT2D eigenvalue weighted by molar-refractivity contribution is 0.882. The summed E-state index contributed by atoms with van der Waals surface area (Å²) in [5.74, 6) is 0.959. The standard InChI is InChI=1S/C8H10BrN3/c1-12(6-2-3-6)8-5-10-7(9)4-11-8/h4-6H,2-3H2,1H3. The van der Waals surface area contributed by atoms with E-state index in [0.29, 0.717) is 6.04 Å². The molecule has 64 valence electrons. The first-order valence-corrected chi connectivity index (χ1v) is 4.77. The van der Waals surface area contributed by atoms with Gasteiger partial charge in [0.15, 0.2) is 0 Å². The van der Waals surface area contributed by atoms with E-state index in [1.54, 1.807) is 12.4 Å². The Morgan fingerprint density at radius 2 is 2.17 bits per heavy atom. The first kappa shape index (κ1) is 7.98. The normalized spacial score (nSPS) is 16.2. The van der Waals surface area contributed by atoms with Crippen molar-refractivity contribution in [3.63, 3.8) is 0 Å². The second kappa shape index (κ2) is 3.01. The van der Waals surface area contributed by atoms with Gasteiger partial charge >= 0.3 is 0 Å². The van der Waals surface area contributed by atoms with Crippen LogP contribution in [0.3, 0.4) is 0 Å². The molecular formula is C8H10BrN3. The molecule has 1 heterocycles. The molecule has 0 aromatic carbocycles. The van der Waals surface area contributed by atoms with Gasteiger partial charge in [0.05, 0.1) is 12.4 Å². The van der Waals surface area contributed by atoms with Gasteiger partial charge < -0.3 is 4.90 Å². The third kappa shape index (κ3) is 1.58. The van der Waals surface area contributed by atoms with Crippen molar-refractivity contribution in [2.75, 3.05) is 11.9 Å². The maximum absolute atomic E-state index is 4.26. The van der Waals surface area contributed by atoms with Gasteiger partial charge in [-0.2, -0.15) is 0 Å². The monoisotopic (exact) mass is 227 g/mol. The molecule has 1 aromatic rings. The lowest BCUT2D eigenvalue weighted by Crippen LogP contribution is -2.20. The van der Waals surface area contributed by atoms with Gasteiger partial charge in [0.1, 0.15) is 10.4 Å². The number of rotatable bonds is 2. The fourth-order valence-corrected chi connectivity index (χ4v) is 1.34. The van der Waals surface area contributed by atoms with Crippen LogP contribution in [0.5, 0.6) is 0 Å². The molecule has 12 heavy (non-hydrogen) atoms. The van der Waals surface area contributed by atoms with E-state index in [0.717, 1.165) is 10.4 Å². The maximum Gasteiger partial charge on any atom is 0.147 e. The van der Waals surface area contributed by atoms with Crippen LogP contribution in [-0.2, 0) is 0 Å². The molecule has 1 aliphatic rings. The molecule has 0 saturated heterocycles. The van der Waals surface area contributed by atoms with Crippen LogP contribution in [0, 0.1) is 0 Å². The lowest BCUT2D eigenvalue weighted by Gasteiger charge is -2.15. The lowest BCUT2D eigenvalue weighted by atomic mass is 10.5. The van der Waals surface area contributed by atoms with E-state index < -0.39 is 0 Å². The fraction of sp³-hybridized carbons (Fsp3) is 0.500. The number of halogens is 1. The number of anilines is 1. The van der Waals surface area contributed by atoms with E-state index in [2.05, 4.69) is 37.8 Å². The first-order chi connectivity index (χ1) is 5.77. The summed E-state index contributed by atoms with van der Waals surface area (Å²) in [6.45, 7) is 0. The van der Waals surface area contributed by atoms with Crippen molar-refractivity contribution >= 4 is 21.7 Å². The predicted molar refractivity (Wildman–Crippen MR) is 51.2 cm³/mol. The van der Waals surface area contributed by atoms with Crippen molar-refractivity contribution in [3.8, 4) is 0 Å².